The Labute approximate surface area is 235 Å². The number of carbonyl (C=O) groups is 2. The Bertz CT molecular complexity index is 1290. The molecular weight excluding hydrogens is 512 g/mol. The number of nitrogens with zero attached hydrogens (tertiary/aromatic N) is 1. The van der Waals surface area contributed by atoms with Crippen molar-refractivity contribution in [1.82, 2.24) is 10.2 Å². The second-order valence-corrected chi connectivity index (χ2v) is 10.2. The molecule has 40 heavy (non-hydrogen) atoms. The molecule has 4 N–H and O–H groups in total. The Morgan fingerprint density at radius 3 is 2.27 bits per heavy atom. The minimum absolute atomic E-state index is 0.0345. The Morgan fingerprint density at radius 1 is 0.950 bits per heavy atom. The first kappa shape index (κ1) is 30.9. The highest BCUT2D eigenvalue weighted by atomic mass is 19.1. The number of benzene rings is 3. The van der Waals surface area contributed by atoms with Crippen LogP contribution in [0, 0.1) is 18.6 Å². The molecule has 0 aliphatic heterocycles. The number of unbranched alkanes of at least 4 members (excludes halogenated alkanes) is 1. The topological polar surface area (TPSA) is 95.7 Å². The standard InChI is InChI=1S/C32H39F2N3O3/c1-4-6-10-37(32(40)26-12-21(3)11-25(17-26)31(35)39)29(16-24-14-27(33)18-28(34)15-24)30(38)20-36-19-23-9-7-8-22(5-2)13-23/h7-9,11-15,17-18,29-30,36,38H,4-6,10,16,19-20H2,1-3H3,(H2,35,39)/t29-,30+/m0/s1. The summed E-state index contributed by atoms with van der Waals surface area (Å²) >= 11 is 0. The van der Waals surface area contributed by atoms with Crippen LogP contribution in [0.2, 0.25) is 0 Å². The number of hydrogen-bond donors (Lipinski definition) is 3. The molecule has 3 rings (SSSR count). The predicted octanol–water partition coefficient (Wildman–Crippen LogP) is 4.94. The lowest BCUT2D eigenvalue weighted by Gasteiger charge is -2.36. The Hall–Kier alpha value is -3.62. The summed E-state index contributed by atoms with van der Waals surface area (Å²) in [4.78, 5) is 27.3. The van der Waals surface area contributed by atoms with E-state index in [1.54, 1.807) is 24.0 Å². The third kappa shape index (κ3) is 8.69. The van der Waals surface area contributed by atoms with Crippen molar-refractivity contribution in [1.29, 1.82) is 0 Å². The zero-order valence-electron chi connectivity index (χ0n) is 23.4. The summed E-state index contributed by atoms with van der Waals surface area (Å²) < 4.78 is 28.2. The van der Waals surface area contributed by atoms with Gasteiger partial charge in [-0.2, -0.15) is 0 Å². The molecule has 6 nitrogen and oxygen atoms in total. The molecule has 2 atom stereocenters. The average Bonchev–Trinajstić information content (AvgIpc) is 2.91. The zero-order chi connectivity index (χ0) is 29.2. The Balaban J connectivity index is 1.93. The van der Waals surface area contributed by atoms with Crippen LogP contribution in [0.3, 0.4) is 0 Å². The van der Waals surface area contributed by atoms with Crippen molar-refractivity contribution in [2.75, 3.05) is 13.1 Å². The number of amides is 2. The van der Waals surface area contributed by atoms with E-state index in [0.717, 1.165) is 24.5 Å². The van der Waals surface area contributed by atoms with Gasteiger partial charge in [0.1, 0.15) is 11.6 Å². The number of carbonyl (C=O) groups excluding carboxylic acids is 2. The van der Waals surface area contributed by atoms with Gasteiger partial charge in [0.15, 0.2) is 0 Å². The van der Waals surface area contributed by atoms with Crippen LogP contribution in [0.5, 0.6) is 0 Å². The van der Waals surface area contributed by atoms with E-state index in [4.69, 9.17) is 5.73 Å². The van der Waals surface area contributed by atoms with Crippen LogP contribution in [0.1, 0.15) is 69.7 Å². The first-order valence-electron chi connectivity index (χ1n) is 13.7. The molecule has 0 aliphatic rings. The SMILES string of the molecule is CCCCN(C(=O)c1cc(C)cc(C(N)=O)c1)[C@@H](Cc1cc(F)cc(F)c1)[C@H](O)CNCc1cccc(CC)c1. The van der Waals surface area contributed by atoms with Crippen molar-refractivity contribution in [2.45, 2.75) is 65.1 Å². The van der Waals surface area contributed by atoms with Gasteiger partial charge in [0.25, 0.3) is 5.91 Å². The maximum absolute atomic E-state index is 14.1. The van der Waals surface area contributed by atoms with Crippen LogP contribution in [0.4, 0.5) is 8.78 Å². The van der Waals surface area contributed by atoms with Crippen molar-refractivity contribution >= 4 is 11.8 Å². The molecule has 0 saturated heterocycles. The van der Waals surface area contributed by atoms with Gasteiger partial charge in [-0.25, -0.2) is 8.78 Å². The highest BCUT2D eigenvalue weighted by Gasteiger charge is 2.31. The highest BCUT2D eigenvalue weighted by molar-refractivity contribution is 5.99. The molecule has 3 aromatic rings. The molecule has 3 aromatic carbocycles. The Kier molecular flexibility index (Phi) is 11.3. The molecule has 0 fully saturated rings. The van der Waals surface area contributed by atoms with Gasteiger partial charge >= 0.3 is 0 Å². The van der Waals surface area contributed by atoms with Crippen LogP contribution in [-0.4, -0.2) is 47.1 Å². The molecule has 8 heteroatoms. The fourth-order valence-electron chi connectivity index (χ4n) is 4.85. The van der Waals surface area contributed by atoms with E-state index in [0.29, 0.717) is 30.6 Å². The number of nitrogens with one attached hydrogen (secondary N) is 1. The van der Waals surface area contributed by atoms with Crippen LogP contribution >= 0.6 is 0 Å². The van der Waals surface area contributed by atoms with Crippen molar-refractivity contribution in [3.8, 4) is 0 Å². The van der Waals surface area contributed by atoms with Gasteiger partial charge in [-0.15, -0.1) is 0 Å². The Morgan fingerprint density at radius 2 is 1.62 bits per heavy atom. The van der Waals surface area contributed by atoms with Crippen molar-refractivity contribution in [3.63, 3.8) is 0 Å². The lowest BCUT2D eigenvalue weighted by molar-refractivity contribution is 0.0349. The number of hydrogen-bond acceptors (Lipinski definition) is 4. The van der Waals surface area contributed by atoms with Crippen molar-refractivity contribution in [3.05, 3.63) is 106 Å². The van der Waals surface area contributed by atoms with E-state index in [1.165, 1.54) is 23.8 Å². The lowest BCUT2D eigenvalue weighted by Crippen LogP contribution is -2.51. The first-order valence-corrected chi connectivity index (χ1v) is 13.7. The van der Waals surface area contributed by atoms with Gasteiger partial charge in [-0.1, -0.05) is 44.5 Å². The quantitative estimate of drug-likeness (QED) is 0.265. The summed E-state index contributed by atoms with van der Waals surface area (Å²) in [6.07, 6.45) is 1.33. The maximum Gasteiger partial charge on any atom is 0.254 e. The summed E-state index contributed by atoms with van der Waals surface area (Å²) in [5.41, 5.74) is 9.24. The van der Waals surface area contributed by atoms with Crippen molar-refractivity contribution < 1.29 is 23.5 Å². The normalized spacial score (nSPS) is 12.7. The highest BCUT2D eigenvalue weighted by Crippen LogP contribution is 2.21. The molecule has 0 unspecified atom stereocenters. The molecule has 0 spiro atoms. The number of primary amides is 1. The molecule has 2 amide bonds. The number of aryl methyl sites for hydroxylation is 2. The van der Waals surface area contributed by atoms with Gasteiger partial charge in [-0.05, 0) is 78.8 Å². The number of aliphatic hydroxyl groups excluding tert-OH is 1. The molecule has 214 valence electrons. The lowest BCUT2D eigenvalue weighted by atomic mass is 9.97. The van der Waals surface area contributed by atoms with Crippen LogP contribution in [0.25, 0.3) is 0 Å². The molecule has 0 radical (unpaired) electrons. The predicted molar refractivity (Wildman–Crippen MR) is 153 cm³/mol. The summed E-state index contributed by atoms with van der Waals surface area (Å²) in [7, 11) is 0. The fraction of sp³-hybridized carbons (Fsp3) is 0.375. The third-order valence-corrected chi connectivity index (χ3v) is 6.92. The first-order chi connectivity index (χ1) is 19.1. The molecule has 0 aliphatic carbocycles. The van der Waals surface area contributed by atoms with Gasteiger partial charge in [0.2, 0.25) is 5.91 Å². The van der Waals surface area contributed by atoms with Gasteiger partial charge in [0, 0.05) is 36.8 Å². The number of nitrogens with two attached hydrogens (primary N) is 1. The van der Waals surface area contributed by atoms with Crippen LogP contribution < -0.4 is 11.1 Å². The van der Waals surface area contributed by atoms with E-state index in [2.05, 4.69) is 24.4 Å². The third-order valence-electron chi connectivity index (χ3n) is 6.92. The fourth-order valence-corrected chi connectivity index (χ4v) is 4.85. The average molecular weight is 552 g/mol. The van der Waals surface area contributed by atoms with E-state index in [9.17, 15) is 23.5 Å². The smallest absolute Gasteiger partial charge is 0.254 e. The van der Waals surface area contributed by atoms with Gasteiger partial charge in [0.05, 0.1) is 12.1 Å². The maximum atomic E-state index is 14.1. The monoisotopic (exact) mass is 551 g/mol. The summed E-state index contributed by atoms with van der Waals surface area (Å²) in [6, 6.07) is 15.3. The minimum Gasteiger partial charge on any atom is -0.390 e. The number of halogens is 2. The van der Waals surface area contributed by atoms with E-state index in [1.807, 2.05) is 19.1 Å². The van der Waals surface area contributed by atoms with Gasteiger partial charge < -0.3 is 21.1 Å². The zero-order valence-corrected chi connectivity index (χ0v) is 23.4. The van der Waals surface area contributed by atoms with E-state index in [-0.39, 0.29) is 24.1 Å². The molecule has 0 bridgehead atoms. The number of rotatable bonds is 14. The molecule has 0 aromatic heterocycles. The second-order valence-electron chi connectivity index (χ2n) is 10.2. The number of aliphatic hydroxyl groups is 1. The van der Waals surface area contributed by atoms with E-state index < -0.39 is 35.6 Å². The largest absolute Gasteiger partial charge is 0.390 e. The summed E-state index contributed by atoms with van der Waals surface area (Å²) in [5, 5.41) is 14.7. The summed E-state index contributed by atoms with van der Waals surface area (Å²) in [6.45, 7) is 6.80. The summed E-state index contributed by atoms with van der Waals surface area (Å²) in [5.74, 6) is -2.50. The van der Waals surface area contributed by atoms with E-state index >= 15 is 0 Å². The van der Waals surface area contributed by atoms with Gasteiger partial charge in [-0.3, -0.25) is 9.59 Å². The second kappa shape index (κ2) is 14.7. The molecular formula is C32H39F2N3O3. The molecule has 0 saturated carbocycles. The minimum atomic E-state index is -1.05. The molecule has 0 heterocycles. The van der Waals surface area contributed by atoms with Crippen molar-refractivity contribution in [2.24, 2.45) is 5.73 Å². The van der Waals surface area contributed by atoms with Crippen LogP contribution in [-0.2, 0) is 19.4 Å². The van der Waals surface area contributed by atoms with Crippen LogP contribution in [0.15, 0.2) is 60.7 Å².